The predicted octanol–water partition coefficient (Wildman–Crippen LogP) is 3.61. The molecule has 0 radical (unpaired) electrons. The van der Waals surface area contributed by atoms with E-state index in [1.54, 1.807) is 0 Å². The average Bonchev–Trinajstić information content (AvgIpc) is 3.15. The fourth-order valence-corrected chi connectivity index (χ4v) is 6.02. The van der Waals surface area contributed by atoms with Crippen LogP contribution in [-0.2, 0) is 28.2 Å². The SMILES string of the molecule is C[C@H]1C[C@@]23c4cc(OCc5ccccc5)ccc4CCN2C(=O)CC3[C@@H]1C(=O)O. The topological polar surface area (TPSA) is 66.8 Å². The summed E-state index contributed by atoms with van der Waals surface area (Å²) in [5.74, 6) is -0.539. The van der Waals surface area contributed by atoms with Gasteiger partial charge in [-0.3, -0.25) is 9.59 Å². The van der Waals surface area contributed by atoms with Crippen molar-refractivity contribution in [3.63, 3.8) is 0 Å². The molecule has 5 heteroatoms. The third-order valence-electron chi connectivity index (χ3n) is 7.16. The van der Waals surface area contributed by atoms with Crippen molar-refractivity contribution < 1.29 is 19.4 Å². The quantitative estimate of drug-likeness (QED) is 0.865. The van der Waals surface area contributed by atoms with Gasteiger partial charge in [-0.1, -0.05) is 43.3 Å². The minimum absolute atomic E-state index is 0.0351. The number of benzene rings is 2. The monoisotopic (exact) mass is 391 g/mol. The minimum Gasteiger partial charge on any atom is -0.489 e. The van der Waals surface area contributed by atoms with E-state index in [-0.39, 0.29) is 17.7 Å². The standard InChI is InChI=1S/C24H25NO4/c1-15-13-24-19-11-18(29-14-16-5-3-2-4-6-16)8-7-17(19)9-10-25(24)21(26)12-20(24)22(15)23(27)28/h2-8,11,15,20,22H,9-10,12-14H2,1H3,(H,27,28)/t15-,20?,22+,24-/m0/s1. The molecule has 2 fully saturated rings. The summed E-state index contributed by atoms with van der Waals surface area (Å²) in [5.41, 5.74) is 2.91. The molecule has 150 valence electrons. The maximum absolute atomic E-state index is 12.8. The Balaban J connectivity index is 1.53. The molecule has 1 saturated heterocycles. The summed E-state index contributed by atoms with van der Waals surface area (Å²) in [7, 11) is 0. The van der Waals surface area contributed by atoms with Crippen molar-refractivity contribution in [3.05, 3.63) is 65.2 Å². The van der Waals surface area contributed by atoms with E-state index in [9.17, 15) is 14.7 Å². The van der Waals surface area contributed by atoms with Gasteiger partial charge in [0.2, 0.25) is 5.91 Å². The highest BCUT2D eigenvalue weighted by Gasteiger charge is 2.65. The fraction of sp³-hybridized carbons (Fsp3) is 0.417. The van der Waals surface area contributed by atoms with Crippen molar-refractivity contribution >= 4 is 11.9 Å². The third kappa shape index (κ3) is 2.67. The second-order valence-electron chi connectivity index (χ2n) is 8.67. The summed E-state index contributed by atoms with van der Waals surface area (Å²) in [4.78, 5) is 26.8. The normalized spacial score (nSPS) is 29.9. The van der Waals surface area contributed by atoms with Gasteiger partial charge >= 0.3 is 5.97 Å². The van der Waals surface area contributed by atoms with Gasteiger partial charge in [0.15, 0.2) is 0 Å². The first-order valence-electron chi connectivity index (χ1n) is 10.3. The number of hydrogen-bond acceptors (Lipinski definition) is 3. The van der Waals surface area contributed by atoms with Gasteiger partial charge in [-0.15, -0.1) is 0 Å². The van der Waals surface area contributed by atoms with E-state index < -0.39 is 17.4 Å². The number of fused-ring (bicyclic) bond motifs is 1. The molecule has 1 aliphatic carbocycles. The summed E-state index contributed by atoms with van der Waals surface area (Å²) in [6, 6.07) is 16.2. The first-order valence-corrected chi connectivity index (χ1v) is 10.3. The highest BCUT2D eigenvalue weighted by Crippen LogP contribution is 2.61. The maximum atomic E-state index is 12.8. The van der Waals surface area contributed by atoms with E-state index in [0.717, 1.165) is 23.3 Å². The van der Waals surface area contributed by atoms with Crippen LogP contribution in [0.2, 0.25) is 0 Å². The molecule has 1 spiro atoms. The number of carbonyl (C=O) groups excluding carboxylic acids is 1. The molecule has 3 aliphatic rings. The lowest BCUT2D eigenvalue weighted by Gasteiger charge is -2.44. The molecule has 1 amide bonds. The van der Waals surface area contributed by atoms with Crippen LogP contribution in [0.3, 0.4) is 0 Å². The van der Waals surface area contributed by atoms with Crippen LogP contribution >= 0.6 is 0 Å². The lowest BCUT2D eigenvalue weighted by molar-refractivity contribution is -0.144. The van der Waals surface area contributed by atoms with Crippen LogP contribution in [0.15, 0.2) is 48.5 Å². The van der Waals surface area contributed by atoms with Gasteiger partial charge in [-0.05, 0) is 47.6 Å². The second-order valence-corrected chi connectivity index (χ2v) is 8.67. The zero-order chi connectivity index (χ0) is 20.2. The van der Waals surface area contributed by atoms with Gasteiger partial charge in [-0.25, -0.2) is 0 Å². The molecule has 1 N–H and O–H groups in total. The summed E-state index contributed by atoms with van der Waals surface area (Å²) in [6.07, 6.45) is 1.84. The van der Waals surface area contributed by atoms with Crippen LogP contribution in [0.1, 0.15) is 36.5 Å². The number of carboxylic acid groups (broad SMARTS) is 1. The second kappa shape index (κ2) is 6.61. The molecule has 4 atom stereocenters. The average molecular weight is 391 g/mol. The number of rotatable bonds is 4. The van der Waals surface area contributed by atoms with Crippen molar-refractivity contribution in [3.8, 4) is 5.75 Å². The molecule has 2 heterocycles. The van der Waals surface area contributed by atoms with Crippen molar-refractivity contribution in [2.24, 2.45) is 17.8 Å². The number of carbonyl (C=O) groups is 2. The fourth-order valence-electron chi connectivity index (χ4n) is 6.02. The summed E-state index contributed by atoms with van der Waals surface area (Å²) in [6.45, 7) is 3.16. The Kier molecular flexibility index (Phi) is 4.16. The number of aliphatic carboxylic acids is 1. The number of nitrogens with zero attached hydrogens (tertiary/aromatic N) is 1. The van der Waals surface area contributed by atoms with E-state index in [1.807, 2.05) is 48.2 Å². The Morgan fingerprint density at radius 3 is 2.79 bits per heavy atom. The lowest BCUT2D eigenvalue weighted by atomic mass is 9.74. The first-order chi connectivity index (χ1) is 14.0. The van der Waals surface area contributed by atoms with Gasteiger partial charge in [-0.2, -0.15) is 0 Å². The van der Waals surface area contributed by atoms with E-state index in [4.69, 9.17) is 4.74 Å². The van der Waals surface area contributed by atoms with Crippen LogP contribution in [-0.4, -0.2) is 28.4 Å². The van der Waals surface area contributed by atoms with Gasteiger partial charge in [0.05, 0.1) is 11.5 Å². The molecule has 5 rings (SSSR count). The molecule has 1 saturated carbocycles. The highest BCUT2D eigenvalue weighted by atomic mass is 16.5. The van der Waals surface area contributed by atoms with Crippen molar-refractivity contribution in [2.75, 3.05) is 6.54 Å². The van der Waals surface area contributed by atoms with Crippen LogP contribution in [0.4, 0.5) is 0 Å². The predicted molar refractivity (Wildman–Crippen MR) is 107 cm³/mol. The van der Waals surface area contributed by atoms with Gasteiger partial charge in [0.1, 0.15) is 12.4 Å². The molecule has 5 nitrogen and oxygen atoms in total. The van der Waals surface area contributed by atoms with Crippen LogP contribution in [0.25, 0.3) is 0 Å². The zero-order valence-electron chi connectivity index (χ0n) is 16.5. The van der Waals surface area contributed by atoms with Crippen LogP contribution in [0, 0.1) is 17.8 Å². The molecule has 2 aromatic carbocycles. The molecule has 0 aromatic heterocycles. The minimum atomic E-state index is -0.780. The van der Waals surface area contributed by atoms with Gasteiger partial charge in [0.25, 0.3) is 0 Å². The Labute approximate surface area is 170 Å². The Bertz CT molecular complexity index is 972. The van der Waals surface area contributed by atoms with Crippen molar-refractivity contribution in [1.29, 1.82) is 0 Å². The molecule has 0 bridgehead atoms. The lowest BCUT2D eigenvalue weighted by Crippen LogP contribution is -2.49. The number of amides is 1. The molecular weight excluding hydrogens is 366 g/mol. The third-order valence-corrected chi connectivity index (χ3v) is 7.16. The van der Waals surface area contributed by atoms with Crippen LogP contribution < -0.4 is 4.74 Å². The molecule has 2 aromatic rings. The van der Waals surface area contributed by atoms with E-state index in [2.05, 4.69) is 12.1 Å². The van der Waals surface area contributed by atoms with E-state index in [1.165, 1.54) is 5.56 Å². The van der Waals surface area contributed by atoms with E-state index >= 15 is 0 Å². The molecular formula is C24H25NO4. The summed E-state index contributed by atoms with van der Waals surface area (Å²) < 4.78 is 6.06. The van der Waals surface area contributed by atoms with E-state index in [0.29, 0.717) is 26.0 Å². The van der Waals surface area contributed by atoms with Crippen molar-refractivity contribution in [1.82, 2.24) is 4.90 Å². The summed E-state index contributed by atoms with van der Waals surface area (Å²) in [5, 5.41) is 9.86. The number of carboxylic acids is 1. The van der Waals surface area contributed by atoms with Gasteiger partial charge < -0.3 is 14.7 Å². The molecule has 1 unspecified atom stereocenters. The van der Waals surface area contributed by atoms with Gasteiger partial charge in [0, 0.05) is 18.9 Å². The maximum Gasteiger partial charge on any atom is 0.307 e. The molecule has 2 aliphatic heterocycles. The Morgan fingerprint density at radius 2 is 2.03 bits per heavy atom. The largest absolute Gasteiger partial charge is 0.489 e. The highest BCUT2D eigenvalue weighted by molar-refractivity contribution is 5.84. The number of ether oxygens (including phenoxy) is 1. The van der Waals surface area contributed by atoms with Crippen LogP contribution in [0.5, 0.6) is 5.75 Å². The number of hydrogen-bond donors (Lipinski definition) is 1. The molecule has 29 heavy (non-hydrogen) atoms. The first kappa shape index (κ1) is 18.2. The Morgan fingerprint density at radius 1 is 1.24 bits per heavy atom. The smallest absolute Gasteiger partial charge is 0.307 e. The zero-order valence-corrected chi connectivity index (χ0v) is 16.5. The van der Waals surface area contributed by atoms with Crippen molar-refractivity contribution in [2.45, 2.75) is 38.3 Å². The summed E-state index contributed by atoms with van der Waals surface area (Å²) >= 11 is 0. The Hall–Kier alpha value is -2.82.